The van der Waals surface area contributed by atoms with Gasteiger partial charge in [-0.1, -0.05) is 11.6 Å². The van der Waals surface area contributed by atoms with Crippen LogP contribution in [0.5, 0.6) is 0 Å². The zero-order valence-electron chi connectivity index (χ0n) is 15.1. The van der Waals surface area contributed by atoms with Crippen molar-refractivity contribution in [1.82, 2.24) is 5.32 Å². The highest BCUT2D eigenvalue weighted by Gasteiger charge is 2.22. The number of halogens is 1. The van der Waals surface area contributed by atoms with E-state index in [2.05, 4.69) is 10.6 Å². The van der Waals surface area contributed by atoms with E-state index in [0.29, 0.717) is 15.6 Å². The molecule has 144 valence electrons. The molecular weight excluding hydrogens is 408 g/mol. The maximum absolute atomic E-state index is 12.4. The van der Waals surface area contributed by atoms with Crippen molar-refractivity contribution in [3.63, 3.8) is 0 Å². The summed E-state index contributed by atoms with van der Waals surface area (Å²) in [6.45, 7) is 5.42. The number of hydrogen-bond acceptors (Lipinski definition) is 6. The van der Waals surface area contributed by atoms with E-state index in [1.165, 1.54) is 23.1 Å². The second-order valence-corrected chi connectivity index (χ2v) is 8.16. The van der Waals surface area contributed by atoms with Crippen molar-refractivity contribution in [2.45, 2.75) is 25.7 Å². The molecule has 0 aliphatic carbocycles. The summed E-state index contributed by atoms with van der Waals surface area (Å²) in [5.74, 6) is -0.673. The average molecular weight is 427 g/mol. The van der Waals surface area contributed by atoms with Gasteiger partial charge in [-0.15, -0.1) is 23.1 Å². The largest absolute Gasteiger partial charge is 0.450 e. The molecule has 1 aromatic carbocycles. The lowest BCUT2D eigenvalue weighted by Crippen LogP contribution is -2.32. The third kappa shape index (κ3) is 5.98. The molecule has 0 spiro atoms. The Morgan fingerprint density at radius 2 is 1.85 bits per heavy atom. The Kier molecular flexibility index (Phi) is 7.70. The highest BCUT2D eigenvalue weighted by atomic mass is 35.5. The summed E-state index contributed by atoms with van der Waals surface area (Å²) in [7, 11) is 0. The topological polar surface area (TPSA) is 84.5 Å². The van der Waals surface area contributed by atoms with Gasteiger partial charge in [0.2, 0.25) is 5.91 Å². The number of carbonyl (C=O) groups excluding carboxylic acids is 3. The van der Waals surface area contributed by atoms with Crippen LogP contribution in [0.2, 0.25) is 5.02 Å². The van der Waals surface area contributed by atoms with Crippen LogP contribution in [-0.2, 0) is 9.53 Å². The standard InChI is InChI=1S/C18H19ClN2O4S2/c1-4-25-18(24)21-16(23)15-10(2)11(3)27-17(15)20-14(22)9-26-13-7-5-12(19)6-8-13/h5-8H,4,9H2,1-3H3,(H,20,22)(H,21,23,24). The number of rotatable bonds is 6. The summed E-state index contributed by atoms with van der Waals surface area (Å²) in [5.41, 5.74) is 0.984. The molecule has 0 saturated heterocycles. The van der Waals surface area contributed by atoms with Crippen LogP contribution in [-0.4, -0.2) is 30.3 Å². The number of carbonyl (C=O) groups is 3. The van der Waals surface area contributed by atoms with Crippen LogP contribution in [0.25, 0.3) is 0 Å². The van der Waals surface area contributed by atoms with Crippen molar-refractivity contribution in [3.8, 4) is 0 Å². The Bertz CT molecular complexity index is 850. The van der Waals surface area contributed by atoms with Crippen molar-refractivity contribution in [2.75, 3.05) is 17.7 Å². The van der Waals surface area contributed by atoms with E-state index in [9.17, 15) is 14.4 Å². The molecule has 0 aliphatic heterocycles. The third-order valence-electron chi connectivity index (χ3n) is 3.54. The second-order valence-electron chi connectivity index (χ2n) is 5.45. The number of anilines is 1. The average Bonchev–Trinajstić information content (AvgIpc) is 2.88. The first-order chi connectivity index (χ1) is 12.8. The maximum atomic E-state index is 12.4. The fourth-order valence-electron chi connectivity index (χ4n) is 2.15. The first-order valence-electron chi connectivity index (χ1n) is 8.08. The summed E-state index contributed by atoms with van der Waals surface area (Å²) < 4.78 is 4.73. The van der Waals surface area contributed by atoms with E-state index in [1.807, 2.05) is 19.1 Å². The lowest BCUT2D eigenvalue weighted by atomic mass is 10.1. The summed E-state index contributed by atoms with van der Waals surface area (Å²) in [6, 6.07) is 7.17. The molecule has 0 bridgehead atoms. The Labute approximate surface area is 170 Å². The van der Waals surface area contributed by atoms with Crippen LogP contribution in [0.4, 0.5) is 9.80 Å². The Hall–Kier alpha value is -2.03. The van der Waals surface area contributed by atoms with E-state index in [0.717, 1.165) is 9.77 Å². The number of aryl methyl sites for hydroxylation is 1. The number of hydrogen-bond donors (Lipinski definition) is 2. The smallest absolute Gasteiger partial charge is 0.414 e. The Balaban J connectivity index is 2.05. The van der Waals surface area contributed by atoms with Gasteiger partial charge in [0.1, 0.15) is 5.00 Å². The van der Waals surface area contributed by atoms with E-state index >= 15 is 0 Å². The third-order valence-corrected chi connectivity index (χ3v) is 5.93. The molecule has 3 amide bonds. The van der Waals surface area contributed by atoms with Gasteiger partial charge in [0, 0.05) is 14.8 Å². The zero-order valence-corrected chi connectivity index (χ0v) is 17.4. The lowest BCUT2D eigenvalue weighted by molar-refractivity contribution is -0.113. The van der Waals surface area contributed by atoms with Crippen molar-refractivity contribution in [3.05, 3.63) is 45.3 Å². The fourth-order valence-corrected chi connectivity index (χ4v) is 4.05. The van der Waals surface area contributed by atoms with E-state index in [1.54, 1.807) is 26.0 Å². The van der Waals surface area contributed by atoms with Gasteiger partial charge in [0.15, 0.2) is 0 Å². The van der Waals surface area contributed by atoms with Gasteiger partial charge in [-0.25, -0.2) is 4.79 Å². The van der Waals surface area contributed by atoms with Crippen LogP contribution in [0.1, 0.15) is 27.7 Å². The number of nitrogens with one attached hydrogen (secondary N) is 2. The van der Waals surface area contributed by atoms with Crippen LogP contribution in [0.3, 0.4) is 0 Å². The Morgan fingerprint density at radius 1 is 1.19 bits per heavy atom. The predicted molar refractivity (Wildman–Crippen MR) is 109 cm³/mol. The molecule has 2 N–H and O–H groups in total. The molecule has 6 nitrogen and oxygen atoms in total. The minimum atomic E-state index is -0.818. The van der Waals surface area contributed by atoms with E-state index < -0.39 is 12.0 Å². The van der Waals surface area contributed by atoms with Crippen molar-refractivity contribution in [1.29, 1.82) is 0 Å². The minimum absolute atomic E-state index is 0.159. The van der Waals surface area contributed by atoms with Gasteiger partial charge in [-0.2, -0.15) is 0 Å². The number of imide groups is 1. The number of amides is 3. The summed E-state index contributed by atoms with van der Waals surface area (Å²) in [5, 5.41) is 5.97. The fraction of sp³-hybridized carbons (Fsp3) is 0.278. The van der Waals surface area contributed by atoms with Gasteiger partial charge < -0.3 is 10.1 Å². The van der Waals surface area contributed by atoms with Gasteiger partial charge in [-0.05, 0) is 50.6 Å². The molecule has 1 aromatic heterocycles. The zero-order chi connectivity index (χ0) is 20.0. The molecule has 0 unspecified atom stereocenters. The van der Waals surface area contributed by atoms with Gasteiger partial charge in [-0.3, -0.25) is 14.9 Å². The monoisotopic (exact) mass is 426 g/mol. The highest BCUT2D eigenvalue weighted by molar-refractivity contribution is 8.00. The summed E-state index contributed by atoms with van der Waals surface area (Å²) >= 11 is 8.49. The van der Waals surface area contributed by atoms with Crippen molar-refractivity contribution in [2.24, 2.45) is 0 Å². The summed E-state index contributed by atoms with van der Waals surface area (Å²) in [6.07, 6.45) is -0.818. The van der Waals surface area contributed by atoms with Gasteiger partial charge in [0.05, 0.1) is 17.9 Å². The number of alkyl carbamates (subject to hydrolysis) is 1. The number of thiophene rings is 1. The first kappa shape index (κ1) is 21.3. The maximum Gasteiger partial charge on any atom is 0.414 e. The Morgan fingerprint density at radius 3 is 2.48 bits per heavy atom. The van der Waals surface area contributed by atoms with Crippen molar-refractivity contribution >= 4 is 57.6 Å². The molecule has 0 aliphatic rings. The minimum Gasteiger partial charge on any atom is -0.450 e. The van der Waals surface area contributed by atoms with E-state index in [4.69, 9.17) is 16.3 Å². The molecule has 0 fully saturated rings. The number of benzene rings is 1. The first-order valence-corrected chi connectivity index (χ1v) is 10.3. The quantitative estimate of drug-likeness (QED) is 0.657. The van der Waals surface area contributed by atoms with Gasteiger partial charge >= 0.3 is 6.09 Å². The molecular formula is C18H19ClN2O4S2. The molecule has 0 atom stereocenters. The molecule has 2 rings (SSSR count). The van der Waals surface area contributed by atoms with Gasteiger partial charge in [0.25, 0.3) is 5.91 Å². The summed E-state index contributed by atoms with van der Waals surface area (Å²) in [4.78, 5) is 38.0. The number of ether oxygens (including phenoxy) is 1. The SMILES string of the molecule is CCOC(=O)NC(=O)c1c(NC(=O)CSc2ccc(Cl)cc2)sc(C)c1C. The van der Waals surface area contributed by atoms with E-state index in [-0.39, 0.29) is 23.8 Å². The normalized spacial score (nSPS) is 10.4. The predicted octanol–water partition coefficient (Wildman–Crippen LogP) is 4.64. The van der Waals surface area contributed by atoms with Crippen LogP contribution in [0, 0.1) is 13.8 Å². The molecule has 27 heavy (non-hydrogen) atoms. The molecule has 0 radical (unpaired) electrons. The van der Waals surface area contributed by atoms with Crippen molar-refractivity contribution < 1.29 is 19.1 Å². The molecule has 2 aromatic rings. The molecule has 1 heterocycles. The second kappa shape index (κ2) is 9.77. The van der Waals surface area contributed by atoms with Crippen LogP contribution >= 0.6 is 34.7 Å². The van der Waals surface area contributed by atoms with Crippen LogP contribution < -0.4 is 10.6 Å². The number of thioether (sulfide) groups is 1. The highest BCUT2D eigenvalue weighted by Crippen LogP contribution is 2.32. The molecule has 0 saturated carbocycles. The van der Waals surface area contributed by atoms with Crippen LogP contribution in [0.15, 0.2) is 29.2 Å². The molecule has 9 heteroatoms. The lowest BCUT2D eigenvalue weighted by Gasteiger charge is -2.08.